The summed E-state index contributed by atoms with van der Waals surface area (Å²) >= 11 is 0. The SMILES string of the molecule is CCCCCCCCCCCCCCCCCC(=O)OCCCCCCCCCCCCCC/C=C\CCCCCCCCCCCCCCCCCC(=O)NC(CO)C(O)CCCCCCCCCCCCCCCCC. The Hall–Kier alpha value is -1.40. The molecule has 78 heavy (non-hydrogen) atoms. The molecule has 0 saturated heterocycles. The molecule has 0 saturated carbocycles. The molecule has 6 nitrogen and oxygen atoms in total. The summed E-state index contributed by atoms with van der Waals surface area (Å²) in [7, 11) is 0. The van der Waals surface area contributed by atoms with Gasteiger partial charge >= 0.3 is 5.97 Å². The molecule has 0 radical (unpaired) electrons. The van der Waals surface area contributed by atoms with Gasteiger partial charge in [-0.25, -0.2) is 0 Å². The zero-order chi connectivity index (χ0) is 56.4. The predicted molar refractivity (Wildman–Crippen MR) is 343 cm³/mol. The van der Waals surface area contributed by atoms with Crippen LogP contribution in [0.2, 0.25) is 0 Å². The van der Waals surface area contributed by atoms with Crippen molar-refractivity contribution in [2.45, 2.75) is 424 Å². The van der Waals surface area contributed by atoms with Crippen molar-refractivity contribution >= 4 is 11.9 Å². The molecule has 0 aromatic heterocycles. The Morgan fingerprint density at radius 1 is 0.346 bits per heavy atom. The van der Waals surface area contributed by atoms with Gasteiger partial charge in [0.15, 0.2) is 0 Å². The predicted octanol–water partition coefficient (Wildman–Crippen LogP) is 23.1. The molecule has 0 aliphatic carbocycles. The molecule has 0 aromatic carbocycles. The van der Waals surface area contributed by atoms with Crippen molar-refractivity contribution in [3.8, 4) is 0 Å². The Morgan fingerprint density at radius 2 is 0.603 bits per heavy atom. The lowest BCUT2D eigenvalue weighted by molar-refractivity contribution is -0.143. The summed E-state index contributed by atoms with van der Waals surface area (Å²) in [6.07, 6.45) is 84.1. The second kappa shape index (κ2) is 68.1. The largest absolute Gasteiger partial charge is 0.466 e. The number of ether oxygens (including phenoxy) is 1. The van der Waals surface area contributed by atoms with E-state index in [4.69, 9.17) is 4.74 Å². The number of amides is 1. The zero-order valence-electron chi connectivity index (χ0n) is 53.2. The van der Waals surface area contributed by atoms with Gasteiger partial charge in [-0.15, -0.1) is 0 Å². The van der Waals surface area contributed by atoms with Crippen LogP contribution in [0.15, 0.2) is 12.2 Å². The van der Waals surface area contributed by atoms with E-state index in [1.165, 1.54) is 340 Å². The van der Waals surface area contributed by atoms with E-state index >= 15 is 0 Å². The van der Waals surface area contributed by atoms with Gasteiger partial charge in [-0.05, 0) is 51.4 Å². The van der Waals surface area contributed by atoms with Crippen LogP contribution in [0.1, 0.15) is 412 Å². The third-order valence-electron chi connectivity index (χ3n) is 17.1. The van der Waals surface area contributed by atoms with Crippen LogP contribution < -0.4 is 5.32 Å². The third kappa shape index (κ3) is 63.8. The van der Waals surface area contributed by atoms with E-state index < -0.39 is 12.1 Å². The highest BCUT2D eigenvalue weighted by atomic mass is 16.5. The van der Waals surface area contributed by atoms with Gasteiger partial charge in [0.05, 0.1) is 25.4 Å². The molecule has 0 rings (SSSR count). The number of esters is 1. The average Bonchev–Trinajstić information content (AvgIpc) is 3.44. The minimum absolute atomic E-state index is 0.0215. The standard InChI is InChI=1S/C72H141NO5/c1-3-5-7-9-11-13-15-17-36-40-44-48-52-56-60-64-70(75)69(68-74)73-71(76)65-61-57-53-49-45-41-38-34-32-30-28-26-24-22-20-19-21-23-25-27-29-31-33-35-39-43-47-51-55-59-63-67-78-72(77)66-62-58-54-50-46-42-37-18-16-14-12-10-8-6-4-2/h21,23,69-70,74-75H,3-20,22,24-68H2,1-2H3,(H,73,76)/b23-21-. The highest BCUT2D eigenvalue weighted by Crippen LogP contribution is 2.19. The lowest BCUT2D eigenvalue weighted by atomic mass is 10.0. The Bertz CT molecular complexity index is 1180. The maximum Gasteiger partial charge on any atom is 0.305 e. The number of carbonyl (C=O) groups excluding carboxylic acids is 2. The van der Waals surface area contributed by atoms with E-state index in [1.54, 1.807) is 0 Å². The van der Waals surface area contributed by atoms with Gasteiger partial charge in [0.2, 0.25) is 5.91 Å². The molecule has 0 spiro atoms. The molecule has 6 heteroatoms. The van der Waals surface area contributed by atoms with E-state index in [-0.39, 0.29) is 18.5 Å². The molecular formula is C72H141NO5. The smallest absolute Gasteiger partial charge is 0.305 e. The quantitative estimate of drug-likeness (QED) is 0.0320. The zero-order valence-corrected chi connectivity index (χ0v) is 53.2. The average molecular weight is 1100 g/mol. The number of hydrogen-bond donors (Lipinski definition) is 3. The van der Waals surface area contributed by atoms with Crippen LogP contribution in [0, 0.1) is 0 Å². The number of carbonyl (C=O) groups is 2. The minimum atomic E-state index is -0.662. The van der Waals surface area contributed by atoms with E-state index in [0.717, 1.165) is 38.5 Å². The summed E-state index contributed by atoms with van der Waals surface area (Å²) in [5.41, 5.74) is 0. The number of allylic oxidation sites excluding steroid dienone is 2. The fraction of sp³-hybridized carbons (Fsp3) is 0.944. The lowest BCUT2D eigenvalue weighted by Gasteiger charge is -2.22. The molecular weight excluding hydrogens is 959 g/mol. The molecule has 0 aromatic rings. The Balaban J connectivity index is 3.34. The Kier molecular flexibility index (Phi) is 66.9. The van der Waals surface area contributed by atoms with E-state index in [1.807, 2.05) is 0 Å². The van der Waals surface area contributed by atoms with Gasteiger partial charge < -0.3 is 20.3 Å². The van der Waals surface area contributed by atoms with Gasteiger partial charge in [0, 0.05) is 12.8 Å². The third-order valence-corrected chi connectivity index (χ3v) is 17.1. The van der Waals surface area contributed by atoms with Gasteiger partial charge in [-0.1, -0.05) is 360 Å². The van der Waals surface area contributed by atoms with Crippen LogP contribution in [-0.4, -0.2) is 47.4 Å². The first-order chi connectivity index (χ1) is 38.5. The molecule has 0 aliphatic rings. The summed E-state index contributed by atoms with van der Waals surface area (Å²) in [5, 5.41) is 23.3. The molecule has 3 N–H and O–H groups in total. The summed E-state index contributed by atoms with van der Waals surface area (Å²) in [4.78, 5) is 24.6. The first-order valence-corrected chi connectivity index (χ1v) is 35.9. The van der Waals surface area contributed by atoms with Gasteiger partial charge in [0.1, 0.15) is 0 Å². The molecule has 2 unspecified atom stereocenters. The van der Waals surface area contributed by atoms with Crippen molar-refractivity contribution in [2.75, 3.05) is 13.2 Å². The molecule has 464 valence electrons. The van der Waals surface area contributed by atoms with Gasteiger partial charge in [-0.3, -0.25) is 9.59 Å². The molecule has 1 amide bonds. The maximum atomic E-state index is 12.5. The van der Waals surface area contributed by atoms with Gasteiger partial charge in [0.25, 0.3) is 0 Å². The summed E-state index contributed by atoms with van der Waals surface area (Å²) in [5.74, 6) is -0.00793. The number of hydrogen-bond acceptors (Lipinski definition) is 5. The monoisotopic (exact) mass is 1100 g/mol. The normalized spacial score (nSPS) is 12.5. The van der Waals surface area contributed by atoms with Crippen molar-refractivity contribution in [2.24, 2.45) is 0 Å². The van der Waals surface area contributed by atoms with Crippen molar-refractivity contribution in [1.29, 1.82) is 0 Å². The number of nitrogens with one attached hydrogen (secondary N) is 1. The Morgan fingerprint density at radius 3 is 0.910 bits per heavy atom. The van der Waals surface area contributed by atoms with Crippen molar-refractivity contribution in [3.63, 3.8) is 0 Å². The summed E-state index contributed by atoms with van der Waals surface area (Å²) in [6.45, 7) is 5.00. The lowest BCUT2D eigenvalue weighted by Crippen LogP contribution is -2.45. The number of unbranched alkanes of at least 4 members (excludes halogenated alkanes) is 55. The van der Waals surface area contributed by atoms with Gasteiger partial charge in [-0.2, -0.15) is 0 Å². The van der Waals surface area contributed by atoms with Crippen molar-refractivity contribution < 1.29 is 24.5 Å². The molecule has 2 atom stereocenters. The van der Waals surface area contributed by atoms with Crippen LogP contribution in [0.4, 0.5) is 0 Å². The van der Waals surface area contributed by atoms with Crippen LogP contribution in [0.25, 0.3) is 0 Å². The second-order valence-corrected chi connectivity index (χ2v) is 24.9. The maximum absolute atomic E-state index is 12.5. The summed E-state index contributed by atoms with van der Waals surface area (Å²) < 4.78 is 5.50. The fourth-order valence-corrected chi connectivity index (χ4v) is 11.6. The minimum Gasteiger partial charge on any atom is -0.466 e. The fourth-order valence-electron chi connectivity index (χ4n) is 11.6. The number of aliphatic hydroxyl groups is 2. The van der Waals surface area contributed by atoms with Crippen LogP contribution in [-0.2, 0) is 14.3 Å². The Labute approximate surface area is 489 Å². The topological polar surface area (TPSA) is 95.9 Å². The van der Waals surface area contributed by atoms with Crippen molar-refractivity contribution in [1.82, 2.24) is 5.32 Å². The van der Waals surface area contributed by atoms with E-state index in [9.17, 15) is 19.8 Å². The highest BCUT2D eigenvalue weighted by molar-refractivity contribution is 5.76. The van der Waals surface area contributed by atoms with E-state index in [2.05, 4.69) is 31.3 Å². The molecule has 0 heterocycles. The van der Waals surface area contributed by atoms with E-state index in [0.29, 0.717) is 25.9 Å². The first kappa shape index (κ1) is 76.6. The van der Waals surface area contributed by atoms with Crippen molar-refractivity contribution in [3.05, 3.63) is 12.2 Å². The van der Waals surface area contributed by atoms with Crippen LogP contribution in [0.5, 0.6) is 0 Å². The van der Waals surface area contributed by atoms with Crippen LogP contribution in [0.3, 0.4) is 0 Å². The highest BCUT2D eigenvalue weighted by Gasteiger charge is 2.20. The molecule has 0 aliphatic heterocycles. The number of aliphatic hydroxyl groups excluding tert-OH is 2. The summed E-state index contributed by atoms with van der Waals surface area (Å²) in [6, 6.07) is -0.539. The molecule has 0 fully saturated rings. The first-order valence-electron chi connectivity index (χ1n) is 35.9. The number of rotatable bonds is 68. The van der Waals surface area contributed by atoms with Crippen LogP contribution >= 0.6 is 0 Å². The second-order valence-electron chi connectivity index (χ2n) is 24.9. The molecule has 0 bridgehead atoms.